The Balaban J connectivity index is 4.23. The third kappa shape index (κ3) is 36.0. The summed E-state index contributed by atoms with van der Waals surface area (Å²) in [4.78, 5) is 34.7. The number of esters is 2. The Morgan fingerprint density at radius 3 is 1.58 bits per heavy atom. The summed E-state index contributed by atoms with van der Waals surface area (Å²) in [6.45, 7) is 3.67. The number of phosphoric acid groups is 1. The Kier molecular flexibility index (Phi) is 35.7. The van der Waals surface area contributed by atoms with Gasteiger partial charge in [-0.2, -0.15) is 0 Å². The van der Waals surface area contributed by atoms with E-state index in [2.05, 4.69) is 50.3 Å². The van der Waals surface area contributed by atoms with E-state index in [-0.39, 0.29) is 32.6 Å². The van der Waals surface area contributed by atoms with Crippen LogP contribution in [-0.2, 0) is 32.7 Å². The number of ether oxygens (including phenoxy) is 2. The molecule has 50 heavy (non-hydrogen) atoms. The van der Waals surface area contributed by atoms with Crippen LogP contribution in [0.1, 0.15) is 174 Å². The van der Waals surface area contributed by atoms with Gasteiger partial charge in [-0.05, 0) is 51.4 Å². The molecular formula is C40H74NO8P. The van der Waals surface area contributed by atoms with E-state index in [1.54, 1.807) is 0 Å². The predicted octanol–water partition coefficient (Wildman–Crippen LogP) is 11.0. The number of carbonyl (C=O) groups is 2. The monoisotopic (exact) mass is 728 g/mol. The minimum Gasteiger partial charge on any atom is -0.462 e. The lowest BCUT2D eigenvalue weighted by Gasteiger charge is -2.19. The van der Waals surface area contributed by atoms with E-state index in [0.717, 1.165) is 57.8 Å². The van der Waals surface area contributed by atoms with Crippen LogP contribution in [0.15, 0.2) is 36.5 Å². The predicted molar refractivity (Wildman–Crippen MR) is 206 cm³/mol. The Bertz CT molecular complexity index is 923. The molecule has 0 aliphatic rings. The van der Waals surface area contributed by atoms with Crippen LogP contribution in [0.5, 0.6) is 0 Å². The first-order valence-corrected chi connectivity index (χ1v) is 21.5. The number of carbonyl (C=O) groups excluding carboxylic acids is 2. The quantitative estimate of drug-likeness (QED) is 0.0277. The molecule has 292 valence electrons. The highest BCUT2D eigenvalue weighted by Gasteiger charge is 2.25. The number of unbranched alkanes of at least 4 members (excludes halogenated alkanes) is 18. The molecule has 9 nitrogen and oxygen atoms in total. The van der Waals surface area contributed by atoms with Crippen molar-refractivity contribution < 1.29 is 37.6 Å². The Labute approximate surface area is 305 Å². The SMILES string of the molecule is CCCCCC=CCC=CCC=CCCCCCCC(=O)OCC(COP(=O)(O)OCCN)OC(=O)CCCCCCCCCCCCCC. The highest BCUT2D eigenvalue weighted by Crippen LogP contribution is 2.43. The largest absolute Gasteiger partial charge is 0.472 e. The van der Waals surface area contributed by atoms with Crippen LogP contribution in [-0.4, -0.2) is 49.3 Å². The van der Waals surface area contributed by atoms with Gasteiger partial charge in [0.2, 0.25) is 0 Å². The number of allylic oxidation sites excluding steroid dienone is 6. The van der Waals surface area contributed by atoms with Crippen molar-refractivity contribution in [1.82, 2.24) is 0 Å². The van der Waals surface area contributed by atoms with Gasteiger partial charge in [-0.1, -0.05) is 147 Å². The van der Waals surface area contributed by atoms with E-state index in [1.165, 1.54) is 77.0 Å². The van der Waals surface area contributed by atoms with Crippen molar-refractivity contribution in [3.63, 3.8) is 0 Å². The summed E-state index contributed by atoms with van der Waals surface area (Å²) >= 11 is 0. The zero-order chi connectivity index (χ0) is 36.8. The third-order valence-electron chi connectivity index (χ3n) is 8.28. The second-order valence-corrected chi connectivity index (χ2v) is 14.6. The molecule has 0 heterocycles. The van der Waals surface area contributed by atoms with Crippen LogP contribution in [0.3, 0.4) is 0 Å². The Morgan fingerprint density at radius 1 is 0.600 bits per heavy atom. The third-order valence-corrected chi connectivity index (χ3v) is 9.26. The maximum atomic E-state index is 12.5. The van der Waals surface area contributed by atoms with Gasteiger partial charge in [-0.3, -0.25) is 18.6 Å². The molecular weight excluding hydrogens is 653 g/mol. The molecule has 0 aromatic rings. The van der Waals surface area contributed by atoms with Crippen molar-refractivity contribution in [3.05, 3.63) is 36.5 Å². The summed E-state index contributed by atoms with van der Waals surface area (Å²) in [6, 6.07) is 0. The van der Waals surface area contributed by atoms with Gasteiger partial charge in [-0.15, -0.1) is 0 Å². The van der Waals surface area contributed by atoms with Crippen LogP contribution < -0.4 is 5.73 Å². The van der Waals surface area contributed by atoms with Crippen molar-refractivity contribution in [1.29, 1.82) is 0 Å². The first kappa shape index (κ1) is 48.2. The average Bonchev–Trinajstić information content (AvgIpc) is 3.10. The fourth-order valence-electron chi connectivity index (χ4n) is 5.29. The van der Waals surface area contributed by atoms with Crippen LogP contribution in [0.2, 0.25) is 0 Å². The van der Waals surface area contributed by atoms with Gasteiger partial charge in [0.05, 0.1) is 13.2 Å². The van der Waals surface area contributed by atoms with Crippen molar-refractivity contribution >= 4 is 19.8 Å². The summed E-state index contributed by atoms with van der Waals surface area (Å²) in [5, 5.41) is 0. The summed E-state index contributed by atoms with van der Waals surface area (Å²) in [5.74, 6) is -0.853. The lowest BCUT2D eigenvalue weighted by atomic mass is 10.0. The normalized spacial score (nSPS) is 13.8. The number of nitrogens with two attached hydrogens (primary N) is 1. The van der Waals surface area contributed by atoms with Gasteiger partial charge in [-0.25, -0.2) is 4.57 Å². The molecule has 10 heteroatoms. The molecule has 0 saturated carbocycles. The number of hydrogen-bond donors (Lipinski definition) is 2. The smallest absolute Gasteiger partial charge is 0.462 e. The summed E-state index contributed by atoms with van der Waals surface area (Å²) in [6.07, 6.45) is 38.8. The molecule has 3 N–H and O–H groups in total. The second-order valence-electron chi connectivity index (χ2n) is 13.2. The molecule has 0 aliphatic carbocycles. The zero-order valence-electron chi connectivity index (χ0n) is 31.9. The van der Waals surface area contributed by atoms with Crippen LogP contribution in [0.4, 0.5) is 0 Å². The van der Waals surface area contributed by atoms with Gasteiger partial charge < -0.3 is 20.1 Å². The summed E-state index contributed by atoms with van der Waals surface area (Å²) in [5.41, 5.74) is 5.33. The van der Waals surface area contributed by atoms with Crippen molar-refractivity contribution in [2.45, 2.75) is 180 Å². The van der Waals surface area contributed by atoms with E-state index in [1.807, 2.05) is 0 Å². The van der Waals surface area contributed by atoms with Gasteiger partial charge in [0.15, 0.2) is 6.10 Å². The topological polar surface area (TPSA) is 134 Å². The Hall–Kier alpha value is -1.77. The molecule has 0 amide bonds. The fraction of sp³-hybridized carbons (Fsp3) is 0.800. The van der Waals surface area contributed by atoms with Gasteiger partial charge >= 0.3 is 19.8 Å². The summed E-state index contributed by atoms with van der Waals surface area (Å²) in [7, 11) is -4.37. The molecule has 0 bridgehead atoms. The second kappa shape index (κ2) is 37.0. The number of hydrogen-bond acceptors (Lipinski definition) is 8. The Morgan fingerprint density at radius 2 is 1.04 bits per heavy atom. The van der Waals surface area contributed by atoms with Gasteiger partial charge in [0.1, 0.15) is 6.61 Å². The maximum Gasteiger partial charge on any atom is 0.472 e. The van der Waals surface area contributed by atoms with E-state index in [9.17, 15) is 19.0 Å². The minimum atomic E-state index is -4.37. The standard InChI is InChI=1S/C40H74NO8P/c1-3-5-7-9-11-13-15-17-18-19-20-21-23-24-26-28-30-32-39(42)46-36-38(37-48-50(44,45)47-35-34-41)49-40(43)33-31-29-27-25-22-16-14-12-10-8-6-4-2/h11,13,17-18,20-21,38H,3-10,12,14-16,19,22-37,41H2,1-2H3,(H,44,45). The molecule has 0 aromatic carbocycles. The molecule has 0 saturated heterocycles. The van der Waals surface area contributed by atoms with E-state index >= 15 is 0 Å². The number of phosphoric ester groups is 1. The van der Waals surface area contributed by atoms with E-state index in [4.69, 9.17) is 24.3 Å². The minimum absolute atomic E-state index is 0.0505. The van der Waals surface area contributed by atoms with E-state index < -0.39 is 32.5 Å². The lowest BCUT2D eigenvalue weighted by molar-refractivity contribution is -0.161. The van der Waals surface area contributed by atoms with Crippen molar-refractivity contribution in [3.8, 4) is 0 Å². The van der Waals surface area contributed by atoms with Gasteiger partial charge in [0.25, 0.3) is 0 Å². The van der Waals surface area contributed by atoms with Crippen molar-refractivity contribution in [2.24, 2.45) is 5.73 Å². The van der Waals surface area contributed by atoms with Crippen LogP contribution >= 0.6 is 7.82 Å². The molecule has 0 radical (unpaired) electrons. The first-order chi connectivity index (χ1) is 24.3. The lowest BCUT2D eigenvalue weighted by Crippen LogP contribution is -2.29. The van der Waals surface area contributed by atoms with Gasteiger partial charge in [0, 0.05) is 19.4 Å². The molecule has 0 fully saturated rings. The van der Waals surface area contributed by atoms with E-state index in [0.29, 0.717) is 12.8 Å². The molecule has 0 spiro atoms. The molecule has 0 aliphatic heterocycles. The molecule has 0 aromatic heterocycles. The molecule has 0 rings (SSSR count). The maximum absolute atomic E-state index is 12.5. The average molecular weight is 728 g/mol. The zero-order valence-corrected chi connectivity index (χ0v) is 32.8. The van der Waals surface area contributed by atoms with Crippen LogP contribution in [0, 0.1) is 0 Å². The summed E-state index contributed by atoms with van der Waals surface area (Å²) < 4.78 is 32.7. The molecule has 2 unspecified atom stereocenters. The first-order valence-electron chi connectivity index (χ1n) is 20.0. The van der Waals surface area contributed by atoms with Crippen LogP contribution in [0.25, 0.3) is 0 Å². The highest BCUT2D eigenvalue weighted by atomic mass is 31.2. The fourth-order valence-corrected chi connectivity index (χ4v) is 6.05. The number of rotatable bonds is 37. The van der Waals surface area contributed by atoms with Crippen molar-refractivity contribution in [2.75, 3.05) is 26.4 Å². The highest BCUT2D eigenvalue weighted by molar-refractivity contribution is 7.47. The molecule has 2 atom stereocenters.